The zero-order valence-electron chi connectivity index (χ0n) is 10.9. The van der Waals surface area contributed by atoms with Gasteiger partial charge in [0, 0.05) is 30.0 Å². The Labute approximate surface area is 127 Å². The minimum atomic E-state index is -0.178. The van der Waals surface area contributed by atoms with E-state index in [0.717, 1.165) is 11.1 Å². The van der Waals surface area contributed by atoms with Crippen LogP contribution < -0.4 is 0 Å². The Morgan fingerprint density at radius 3 is 2.60 bits per heavy atom. The zero-order valence-corrected chi connectivity index (χ0v) is 12.4. The number of aromatic nitrogens is 1. The van der Waals surface area contributed by atoms with E-state index < -0.39 is 0 Å². The summed E-state index contributed by atoms with van der Waals surface area (Å²) in [7, 11) is 1.84. The maximum atomic E-state index is 12.4. The van der Waals surface area contributed by atoms with Crippen LogP contribution in [0.25, 0.3) is 0 Å². The molecule has 1 aromatic carbocycles. The summed E-state index contributed by atoms with van der Waals surface area (Å²) < 4.78 is 0. The van der Waals surface area contributed by atoms with E-state index in [9.17, 15) is 4.79 Å². The van der Waals surface area contributed by atoms with E-state index in [-0.39, 0.29) is 16.5 Å². The molecule has 3 nitrogen and oxygen atoms in total. The molecule has 1 fully saturated rings. The third kappa shape index (κ3) is 2.41. The Bertz CT molecular complexity index is 618. The van der Waals surface area contributed by atoms with Crippen molar-refractivity contribution in [1.29, 1.82) is 0 Å². The molecule has 5 heteroatoms. The van der Waals surface area contributed by atoms with Crippen LogP contribution in [0.1, 0.15) is 21.8 Å². The molecule has 1 aliphatic heterocycles. The van der Waals surface area contributed by atoms with Crippen molar-refractivity contribution in [2.75, 3.05) is 7.05 Å². The number of amides is 1. The molecule has 1 aliphatic rings. The Morgan fingerprint density at radius 2 is 1.95 bits per heavy atom. The molecule has 102 valence electrons. The van der Waals surface area contributed by atoms with Gasteiger partial charge in [0.25, 0.3) is 0 Å². The molecule has 0 aliphatic carbocycles. The molecule has 0 spiro atoms. The van der Waals surface area contributed by atoms with E-state index in [4.69, 9.17) is 11.6 Å². The normalized spacial score (nSPS) is 22.3. The van der Waals surface area contributed by atoms with Crippen LogP contribution in [-0.2, 0) is 4.79 Å². The number of rotatable bonds is 2. The van der Waals surface area contributed by atoms with Gasteiger partial charge in [-0.2, -0.15) is 0 Å². The van der Waals surface area contributed by atoms with Crippen molar-refractivity contribution in [3.05, 3.63) is 64.9 Å². The molecule has 20 heavy (non-hydrogen) atoms. The maximum absolute atomic E-state index is 12.4. The summed E-state index contributed by atoms with van der Waals surface area (Å²) in [6, 6.07) is 11.4. The SMILES string of the molecule is CN1C(=O)[C@@H](c2ccc(Cl)cc2)S[C@@H]1c1cccnc1. The molecule has 1 aromatic heterocycles. The quantitative estimate of drug-likeness (QED) is 0.848. The van der Waals surface area contributed by atoms with E-state index in [2.05, 4.69) is 4.98 Å². The van der Waals surface area contributed by atoms with Crippen LogP contribution >= 0.6 is 23.4 Å². The predicted molar refractivity (Wildman–Crippen MR) is 81.5 cm³/mol. The maximum Gasteiger partial charge on any atom is 0.241 e. The van der Waals surface area contributed by atoms with Crippen LogP contribution in [0.5, 0.6) is 0 Å². The van der Waals surface area contributed by atoms with Crippen LogP contribution in [0.15, 0.2) is 48.8 Å². The fraction of sp³-hybridized carbons (Fsp3) is 0.200. The van der Waals surface area contributed by atoms with E-state index in [0.29, 0.717) is 5.02 Å². The molecule has 3 rings (SSSR count). The van der Waals surface area contributed by atoms with Crippen LogP contribution in [0.4, 0.5) is 0 Å². The molecule has 0 unspecified atom stereocenters. The second-order valence-corrected chi connectivity index (χ2v) is 6.28. The van der Waals surface area contributed by atoms with Crippen molar-refractivity contribution < 1.29 is 4.79 Å². The van der Waals surface area contributed by atoms with Crippen molar-refractivity contribution in [2.24, 2.45) is 0 Å². The van der Waals surface area contributed by atoms with Gasteiger partial charge in [-0.15, -0.1) is 11.8 Å². The molecule has 2 heterocycles. The smallest absolute Gasteiger partial charge is 0.241 e. The van der Waals surface area contributed by atoms with Crippen LogP contribution in [0.2, 0.25) is 5.02 Å². The molecule has 0 N–H and O–H groups in total. The van der Waals surface area contributed by atoms with Gasteiger partial charge in [-0.05, 0) is 23.8 Å². The first-order valence-electron chi connectivity index (χ1n) is 6.24. The molecule has 2 atom stereocenters. The van der Waals surface area contributed by atoms with Crippen molar-refractivity contribution in [3.8, 4) is 0 Å². The van der Waals surface area contributed by atoms with E-state index >= 15 is 0 Å². The average Bonchev–Trinajstić information content (AvgIpc) is 2.77. The highest BCUT2D eigenvalue weighted by Crippen LogP contribution is 2.49. The van der Waals surface area contributed by atoms with Gasteiger partial charge in [-0.1, -0.05) is 29.8 Å². The molecule has 0 radical (unpaired) electrons. The molecule has 1 amide bonds. The van der Waals surface area contributed by atoms with Gasteiger partial charge in [0.05, 0.1) is 0 Å². The number of nitrogens with zero attached hydrogens (tertiary/aromatic N) is 2. The van der Waals surface area contributed by atoms with Crippen molar-refractivity contribution in [3.63, 3.8) is 0 Å². The summed E-state index contributed by atoms with van der Waals surface area (Å²) in [5, 5.41) is 0.515. The molecule has 1 saturated heterocycles. The Hall–Kier alpha value is -1.52. The lowest BCUT2D eigenvalue weighted by Gasteiger charge is -2.18. The number of likely N-dealkylation sites (N-methyl/N-ethyl adjacent to an activating group) is 1. The first-order chi connectivity index (χ1) is 9.66. The number of carbonyl (C=O) groups excluding carboxylic acids is 1. The lowest BCUT2D eigenvalue weighted by molar-refractivity contribution is -0.128. The number of benzene rings is 1. The minimum Gasteiger partial charge on any atom is -0.328 e. The van der Waals surface area contributed by atoms with Gasteiger partial charge >= 0.3 is 0 Å². The highest BCUT2D eigenvalue weighted by atomic mass is 35.5. The Balaban J connectivity index is 1.89. The summed E-state index contributed by atoms with van der Waals surface area (Å²) in [5.41, 5.74) is 2.03. The van der Waals surface area contributed by atoms with Crippen LogP contribution in [0, 0.1) is 0 Å². The van der Waals surface area contributed by atoms with Crippen LogP contribution in [-0.4, -0.2) is 22.8 Å². The van der Waals surface area contributed by atoms with Gasteiger partial charge in [-0.3, -0.25) is 9.78 Å². The fourth-order valence-corrected chi connectivity index (χ4v) is 3.83. The fourth-order valence-electron chi connectivity index (χ4n) is 2.26. The van der Waals surface area contributed by atoms with Gasteiger partial charge in [0.1, 0.15) is 10.6 Å². The lowest BCUT2D eigenvalue weighted by Crippen LogP contribution is -2.24. The van der Waals surface area contributed by atoms with E-state index in [1.54, 1.807) is 22.9 Å². The Kier molecular flexibility index (Phi) is 3.68. The summed E-state index contributed by atoms with van der Waals surface area (Å²) in [6.07, 6.45) is 3.55. The molecule has 2 aromatic rings. The Morgan fingerprint density at radius 1 is 1.20 bits per heavy atom. The molecular weight excluding hydrogens is 292 g/mol. The lowest BCUT2D eigenvalue weighted by atomic mass is 10.1. The predicted octanol–water partition coefficient (Wildman–Crippen LogP) is 3.68. The van der Waals surface area contributed by atoms with E-state index in [1.165, 1.54) is 0 Å². The first-order valence-corrected chi connectivity index (χ1v) is 7.56. The van der Waals surface area contributed by atoms with Crippen molar-refractivity contribution in [1.82, 2.24) is 9.88 Å². The second-order valence-electron chi connectivity index (χ2n) is 4.66. The van der Waals surface area contributed by atoms with Gasteiger partial charge in [0.2, 0.25) is 5.91 Å². The second kappa shape index (κ2) is 5.46. The van der Waals surface area contributed by atoms with Gasteiger partial charge in [0.15, 0.2) is 0 Å². The molecule has 0 saturated carbocycles. The number of halogens is 1. The summed E-state index contributed by atoms with van der Waals surface area (Å²) in [4.78, 5) is 18.3. The number of pyridine rings is 1. The minimum absolute atomic E-state index is 0.0110. The molecular formula is C15H13ClN2OS. The first kappa shape index (κ1) is 13.5. The summed E-state index contributed by atoms with van der Waals surface area (Å²) in [6.45, 7) is 0. The highest BCUT2D eigenvalue weighted by Gasteiger charge is 2.39. The third-order valence-corrected chi connectivity index (χ3v) is 5.18. The number of hydrogen-bond donors (Lipinski definition) is 0. The van der Waals surface area contributed by atoms with Crippen LogP contribution in [0.3, 0.4) is 0 Å². The summed E-state index contributed by atoms with van der Waals surface area (Å²) in [5.74, 6) is 0.117. The third-order valence-electron chi connectivity index (χ3n) is 3.33. The number of thioether (sulfide) groups is 1. The topological polar surface area (TPSA) is 33.2 Å². The summed E-state index contributed by atoms with van der Waals surface area (Å²) >= 11 is 7.53. The van der Waals surface area contributed by atoms with Crippen molar-refractivity contribution in [2.45, 2.75) is 10.6 Å². The zero-order chi connectivity index (χ0) is 14.1. The van der Waals surface area contributed by atoms with Gasteiger partial charge < -0.3 is 4.90 Å². The number of hydrogen-bond acceptors (Lipinski definition) is 3. The average molecular weight is 305 g/mol. The monoisotopic (exact) mass is 304 g/mol. The highest BCUT2D eigenvalue weighted by molar-refractivity contribution is 8.00. The standard InChI is InChI=1S/C15H13ClN2OS/c1-18-14(19)13(10-4-6-12(16)7-5-10)20-15(18)11-3-2-8-17-9-11/h2-9,13,15H,1H3/t13-,15-/m1/s1. The number of carbonyl (C=O) groups is 1. The van der Waals surface area contributed by atoms with Gasteiger partial charge in [-0.25, -0.2) is 0 Å². The van der Waals surface area contributed by atoms with Crippen molar-refractivity contribution >= 4 is 29.3 Å². The largest absolute Gasteiger partial charge is 0.328 e. The van der Waals surface area contributed by atoms with E-state index in [1.807, 2.05) is 49.6 Å². The molecule has 0 bridgehead atoms.